The van der Waals surface area contributed by atoms with Crippen LogP contribution in [0.25, 0.3) is 0 Å². The smallest absolute Gasteiger partial charge is 0.243 e. The van der Waals surface area contributed by atoms with Gasteiger partial charge < -0.3 is 5.32 Å². The van der Waals surface area contributed by atoms with E-state index >= 15 is 0 Å². The molecule has 0 saturated carbocycles. The number of carbonyl (C=O) groups excluding carboxylic acids is 1. The fraction of sp³-hybridized carbons (Fsp3) is 0.429. The molecule has 0 unspecified atom stereocenters. The molecule has 1 heterocycles. The molecule has 1 rings (SSSR count). The van der Waals surface area contributed by atoms with Crippen LogP contribution >= 0.6 is 22.9 Å². The van der Waals surface area contributed by atoms with E-state index in [1.165, 1.54) is 11.3 Å². The van der Waals surface area contributed by atoms with Crippen LogP contribution in [0.3, 0.4) is 0 Å². The fourth-order valence-corrected chi connectivity index (χ4v) is 1.34. The van der Waals surface area contributed by atoms with Crippen molar-refractivity contribution in [2.24, 2.45) is 0 Å². The quantitative estimate of drug-likeness (QED) is 0.749. The van der Waals surface area contributed by atoms with Crippen molar-refractivity contribution < 1.29 is 4.79 Å². The molecule has 66 valence electrons. The molecule has 0 fully saturated rings. The van der Waals surface area contributed by atoms with Crippen LogP contribution in [0, 0.1) is 6.92 Å². The molecule has 1 aromatic heterocycles. The number of nitrogens with one attached hydrogen (secondary N) is 1. The van der Waals surface area contributed by atoms with E-state index in [0.717, 1.165) is 4.88 Å². The third kappa shape index (κ3) is 2.46. The maximum Gasteiger partial charge on any atom is 0.243 e. The lowest BCUT2D eigenvalue weighted by molar-refractivity contribution is -0.115. The van der Waals surface area contributed by atoms with Crippen LogP contribution in [-0.4, -0.2) is 16.3 Å². The molecule has 5 heteroatoms. The van der Waals surface area contributed by atoms with Gasteiger partial charge in [-0.15, -0.1) is 22.9 Å². The first-order valence-corrected chi connectivity index (χ1v) is 4.72. The summed E-state index contributed by atoms with van der Waals surface area (Å²) in [6.45, 7) is 3.55. The van der Waals surface area contributed by atoms with Crippen molar-refractivity contribution >= 4 is 34.0 Å². The number of aromatic nitrogens is 1. The van der Waals surface area contributed by atoms with E-state index in [4.69, 9.17) is 11.6 Å². The van der Waals surface area contributed by atoms with E-state index < -0.39 is 5.38 Å². The molecule has 0 aliphatic heterocycles. The van der Waals surface area contributed by atoms with Crippen molar-refractivity contribution in [3.05, 3.63) is 11.1 Å². The van der Waals surface area contributed by atoms with Crippen molar-refractivity contribution in [3.8, 4) is 0 Å². The van der Waals surface area contributed by atoms with Crippen molar-refractivity contribution in [1.29, 1.82) is 0 Å². The molecular weight excluding hydrogens is 196 g/mol. The Bertz CT molecular complexity index is 285. The van der Waals surface area contributed by atoms with Gasteiger partial charge in [0.15, 0.2) is 5.13 Å². The van der Waals surface area contributed by atoms with Gasteiger partial charge in [0.1, 0.15) is 5.38 Å². The van der Waals surface area contributed by atoms with E-state index in [1.54, 1.807) is 13.1 Å². The third-order valence-electron chi connectivity index (χ3n) is 1.21. The Labute approximate surface area is 79.8 Å². The fourth-order valence-electron chi connectivity index (χ4n) is 0.617. The first-order chi connectivity index (χ1) is 5.59. The minimum Gasteiger partial charge on any atom is -0.301 e. The van der Waals surface area contributed by atoms with E-state index in [2.05, 4.69) is 10.3 Å². The minimum absolute atomic E-state index is 0.217. The highest BCUT2D eigenvalue weighted by Crippen LogP contribution is 2.16. The number of anilines is 1. The zero-order valence-corrected chi connectivity index (χ0v) is 8.37. The summed E-state index contributed by atoms with van der Waals surface area (Å²) in [6.07, 6.45) is 1.71. The lowest BCUT2D eigenvalue weighted by atomic mass is 10.4. The summed E-state index contributed by atoms with van der Waals surface area (Å²) in [5.74, 6) is -0.217. The molecule has 0 aliphatic carbocycles. The number of carbonyl (C=O) groups is 1. The average Bonchev–Trinajstić information content (AvgIpc) is 2.35. The molecule has 1 aromatic rings. The standard InChI is InChI=1S/C7H9ClN2OS/c1-4-3-9-7(12-4)10-6(11)5(2)8/h3,5H,1-2H3,(H,9,10,11)/t5-/m0/s1. The van der Waals surface area contributed by atoms with E-state index in [1.807, 2.05) is 6.92 Å². The Morgan fingerprint density at radius 1 is 1.83 bits per heavy atom. The number of alkyl halides is 1. The topological polar surface area (TPSA) is 42.0 Å². The van der Waals surface area contributed by atoms with Gasteiger partial charge in [-0.1, -0.05) is 0 Å². The first kappa shape index (κ1) is 9.48. The summed E-state index contributed by atoms with van der Waals surface area (Å²) in [6, 6.07) is 0. The molecule has 0 aliphatic rings. The highest BCUT2D eigenvalue weighted by atomic mass is 35.5. The molecule has 1 N–H and O–H groups in total. The zero-order valence-electron chi connectivity index (χ0n) is 6.80. The van der Waals surface area contributed by atoms with Gasteiger partial charge >= 0.3 is 0 Å². The second kappa shape index (κ2) is 3.87. The van der Waals surface area contributed by atoms with Crippen LogP contribution in [0.5, 0.6) is 0 Å². The normalized spacial score (nSPS) is 12.6. The molecule has 12 heavy (non-hydrogen) atoms. The molecular formula is C7H9ClN2OS. The predicted octanol–water partition coefficient (Wildman–Crippen LogP) is 2.02. The molecule has 3 nitrogen and oxygen atoms in total. The number of aryl methyl sites for hydroxylation is 1. The van der Waals surface area contributed by atoms with Gasteiger partial charge in [0.2, 0.25) is 5.91 Å². The minimum atomic E-state index is -0.519. The molecule has 0 spiro atoms. The first-order valence-electron chi connectivity index (χ1n) is 3.47. The summed E-state index contributed by atoms with van der Waals surface area (Å²) < 4.78 is 0. The summed E-state index contributed by atoms with van der Waals surface area (Å²) in [7, 11) is 0. The van der Waals surface area contributed by atoms with E-state index in [-0.39, 0.29) is 5.91 Å². The Balaban J connectivity index is 2.58. The Kier molecular flexibility index (Phi) is 3.05. The number of amides is 1. The summed E-state index contributed by atoms with van der Waals surface area (Å²) in [4.78, 5) is 16.1. The lowest BCUT2D eigenvalue weighted by Gasteiger charge is -2.01. The molecule has 0 aromatic carbocycles. The van der Waals surface area contributed by atoms with Crippen LogP contribution in [0.15, 0.2) is 6.20 Å². The Morgan fingerprint density at radius 2 is 2.50 bits per heavy atom. The van der Waals surface area contributed by atoms with Gasteiger partial charge in [0.25, 0.3) is 0 Å². The van der Waals surface area contributed by atoms with Gasteiger partial charge in [-0.2, -0.15) is 0 Å². The van der Waals surface area contributed by atoms with Crippen molar-refractivity contribution in [2.75, 3.05) is 5.32 Å². The summed E-state index contributed by atoms with van der Waals surface area (Å²) in [5.41, 5.74) is 0. The van der Waals surface area contributed by atoms with Gasteiger partial charge in [-0.3, -0.25) is 4.79 Å². The second-order valence-corrected chi connectivity index (χ2v) is 4.27. The number of thiazole rings is 1. The van der Waals surface area contributed by atoms with Gasteiger partial charge in [-0.05, 0) is 13.8 Å². The number of hydrogen-bond acceptors (Lipinski definition) is 3. The van der Waals surface area contributed by atoms with Crippen molar-refractivity contribution in [1.82, 2.24) is 4.98 Å². The Hall–Kier alpha value is -0.610. The highest BCUT2D eigenvalue weighted by Gasteiger charge is 2.10. The van der Waals surface area contributed by atoms with Crippen LogP contribution in [0.4, 0.5) is 5.13 Å². The lowest BCUT2D eigenvalue weighted by Crippen LogP contribution is -2.19. The summed E-state index contributed by atoms with van der Waals surface area (Å²) >= 11 is 6.98. The van der Waals surface area contributed by atoms with Gasteiger partial charge in [0.05, 0.1) is 0 Å². The largest absolute Gasteiger partial charge is 0.301 e. The van der Waals surface area contributed by atoms with E-state index in [9.17, 15) is 4.79 Å². The summed E-state index contributed by atoms with van der Waals surface area (Å²) in [5, 5.41) is 2.68. The second-order valence-electron chi connectivity index (χ2n) is 2.38. The molecule has 1 atom stereocenters. The van der Waals surface area contributed by atoms with Crippen molar-refractivity contribution in [2.45, 2.75) is 19.2 Å². The predicted molar refractivity (Wildman–Crippen MR) is 50.8 cm³/mol. The number of halogens is 1. The maximum absolute atomic E-state index is 11.0. The van der Waals surface area contributed by atoms with Gasteiger partial charge in [-0.25, -0.2) is 4.98 Å². The number of rotatable bonds is 2. The zero-order chi connectivity index (χ0) is 9.14. The Morgan fingerprint density at radius 3 is 2.92 bits per heavy atom. The number of hydrogen-bond donors (Lipinski definition) is 1. The van der Waals surface area contributed by atoms with Gasteiger partial charge in [0, 0.05) is 11.1 Å². The molecule has 1 amide bonds. The van der Waals surface area contributed by atoms with Crippen LogP contribution < -0.4 is 5.32 Å². The van der Waals surface area contributed by atoms with Crippen LogP contribution in [0.1, 0.15) is 11.8 Å². The SMILES string of the molecule is Cc1cnc(NC(=O)[C@H](C)Cl)s1. The highest BCUT2D eigenvalue weighted by molar-refractivity contribution is 7.15. The van der Waals surface area contributed by atoms with Crippen LogP contribution in [0.2, 0.25) is 0 Å². The van der Waals surface area contributed by atoms with Crippen molar-refractivity contribution in [3.63, 3.8) is 0 Å². The monoisotopic (exact) mass is 204 g/mol. The molecule has 0 bridgehead atoms. The molecule has 0 radical (unpaired) electrons. The average molecular weight is 205 g/mol. The third-order valence-corrected chi connectivity index (χ3v) is 2.24. The maximum atomic E-state index is 11.0. The molecule has 0 saturated heterocycles. The van der Waals surface area contributed by atoms with Crippen LogP contribution in [-0.2, 0) is 4.79 Å². The number of nitrogens with zero attached hydrogens (tertiary/aromatic N) is 1. The van der Waals surface area contributed by atoms with E-state index in [0.29, 0.717) is 5.13 Å².